The Morgan fingerprint density at radius 3 is 2.76 bits per heavy atom. The summed E-state index contributed by atoms with van der Waals surface area (Å²) < 4.78 is 19.1. The van der Waals surface area contributed by atoms with E-state index in [1.54, 1.807) is 0 Å². The van der Waals surface area contributed by atoms with Crippen LogP contribution in [-0.2, 0) is 16.5 Å². The molecule has 0 amide bonds. The van der Waals surface area contributed by atoms with Gasteiger partial charge < -0.3 is 34.1 Å². The van der Waals surface area contributed by atoms with Crippen molar-refractivity contribution in [3.05, 3.63) is 48.0 Å². The maximum absolute atomic E-state index is 9.89. The number of ether oxygens (including phenoxy) is 3. The van der Waals surface area contributed by atoms with E-state index in [1.807, 2.05) is 37.4 Å². The molecule has 1 aliphatic rings. The van der Waals surface area contributed by atoms with Crippen LogP contribution in [0.4, 0.5) is 0 Å². The van der Waals surface area contributed by atoms with Crippen molar-refractivity contribution in [2.45, 2.75) is 37.9 Å². The molecule has 8 nitrogen and oxygen atoms in total. The normalized spacial score (nSPS) is 23.5. The van der Waals surface area contributed by atoms with Crippen molar-refractivity contribution in [3.8, 4) is 5.75 Å². The van der Waals surface area contributed by atoms with Crippen molar-refractivity contribution in [1.82, 2.24) is 9.55 Å². The number of hydrogen-bond donors (Lipinski definition) is 3. The molecule has 5 rings (SSSR count). The number of aryl methyl sites for hydroxylation is 2. The van der Waals surface area contributed by atoms with Gasteiger partial charge in [0.2, 0.25) is 0 Å². The van der Waals surface area contributed by atoms with Crippen molar-refractivity contribution in [2.24, 2.45) is 7.05 Å². The number of aromatic nitrogens is 2. The molecule has 0 aliphatic carbocycles. The second-order valence-corrected chi connectivity index (χ2v) is 8.49. The van der Waals surface area contributed by atoms with Crippen molar-refractivity contribution < 1.29 is 29.5 Å². The summed E-state index contributed by atoms with van der Waals surface area (Å²) in [6.45, 7) is 2.26. The lowest BCUT2D eigenvalue weighted by Crippen LogP contribution is -2.50. The standard InChI is InChI=1S/C25H28N2O6/c1-14-17-11-15(31-9-10-32-22-12-20(29)24(30)21(13-28)33-22)7-8-18(17)26-25-23(14)16-5-3-4-6-19(16)27(25)2/h3-8,11,20-22,24,28-30H,9-10,12-13H2,1-2H3/t20-,21-,22+,24+/m1/s1. The van der Waals surface area contributed by atoms with Gasteiger partial charge in [0.1, 0.15) is 30.2 Å². The molecular weight excluding hydrogens is 424 g/mol. The van der Waals surface area contributed by atoms with Gasteiger partial charge in [-0.15, -0.1) is 0 Å². The average Bonchev–Trinajstić information content (AvgIpc) is 3.11. The van der Waals surface area contributed by atoms with E-state index < -0.39 is 24.6 Å². The SMILES string of the molecule is Cc1c2cc(OCCO[C@@H]3C[C@@H](O)[C@H](O)[C@@H](CO)O3)ccc2nc2c1c1ccccc1n2C. The van der Waals surface area contributed by atoms with Gasteiger partial charge in [0.25, 0.3) is 0 Å². The summed E-state index contributed by atoms with van der Waals surface area (Å²) in [5.74, 6) is 0.712. The van der Waals surface area contributed by atoms with Gasteiger partial charge in [-0.2, -0.15) is 0 Å². The Morgan fingerprint density at radius 2 is 1.94 bits per heavy atom. The highest BCUT2D eigenvalue weighted by Gasteiger charge is 2.36. The van der Waals surface area contributed by atoms with E-state index in [-0.39, 0.29) is 26.2 Å². The predicted molar refractivity (Wildman–Crippen MR) is 124 cm³/mol. The molecule has 3 N–H and O–H groups in total. The Bertz CT molecular complexity index is 1300. The molecule has 33 heavy (non-hydrogen) atoms. The lowest BCUT2D eigenvalue weighted by atomic mass is 10.0. The fourth-order valence-electron chi connectivity index (χ4n) is 4.64. The molecule has 4 atom stereocenters. The number of benzene rings is 2. The number of fused-ring (bicyclic) bond motifs is 4. The van der Waals surface area contributed by atoms with Gasteiger partial charge in [0.05, 0.1) is 30.4 Å². The van der Waals surface area contributed by atoms with Crippen LogP contribution in [0.2, 0.25) is 0 Å². The summed E-state index contributed by atoms with van der Waals surface area (Å²) in [6.07, 6.45) is -3.54. The van der Waals surface area contributed by atoms with Crippen molar-refractivity contribution >= 4 is 32.8 Å². The Kier molecular flexibility index (Phi) is 5.94. The molecule has 1 saturated heterocycles. The molecule has 8 heteroatoms. The number of hydrogen-bond acceptors (Lipinski definition) is 7. The molecular formula is C25H28N2O6. The minimum atomic E-state index is -1.12. The van der Waals surface area contributed by atoms with Crippen LogP contribution in [0.3, 0.4) is 0 Å². The first-order chi connectivity index (χ1) is 16.0. The monoisotopic (exact) mass is 452 g/mol. The Hall–Kier alpha value is -2.75. The van der Waals surface area contributed by atoms with E-state index >= 15 is 0 Å². The van der Waals surface area contributed by atoms with Gasteiger partial charge in [-0.3, -0.25) is 0 Å². The molecule has 0 bridgehead atoms. The molecule has 2 aromatic heterocycles. The van der Waals surface area contributed by atoms with Gasteiger partial charge in [0.15, 0.2) is 6.29 Å². The van der Waals surface area contributed by atoms with Gasteiger partial charge in [-0.1, -0.05) is 18.2 Å². The number of aliphatic hydroxyl groups is 3. The molecule has 0 saturated carbocycles. The lowest BCUT2D eigenvalue weighted by Gasteiger charge is -2.35. The molecule has 2 aromatic carbocycles. The van der Waals surface area contributed by atoms with E-state index in [2.05, 4.69) is 23.6 Å². The van der Waals surface area contributed by atoms with Gasteiger partial charge in [-0.05, 0) is 36.8 Å². The van der Waals surface area contributed by atoms with Crippen LogP contribution in [-0.4, -0.2) is 69.3 Å². The van der Waals surface area contributed by atoms with E-state index in [0.29, 0.717) is 5.75 Å². The summed E-state index contributed by atoms with van der Waals surface area (Å²) in [5.41, 5.74) is 4.18. The fraction of sp³-hybridized carbons (Fsp3) is 0.400. The lowest BCUT2D eigenvalue weighted by molar-refractivity contribution is -0.257. The quantitative estimate of drug-likeness (QED) is 0.386. The Labute approximate surface area is 190 Å². The molecule has 1 aliphatic heterocycles. The van der Waals surface area contributed by atoms with Crippen molar-refractivity contribution in [3.63, 3.8) is 0 Å². The predicted octanol–water partition coefficient (Wildman–Crippen LogP) is 2.41. The molecule has 1 fully saturated rings. The first-order valence-corrected chi connectivity index (χ1v) is 11.1. The van der Waals surface area contributed by atoms with E-state index in [4.69, 9.17) is 19.2 Å². The van der Waals surface area contributed by atoms with Crippen LogP contribution >= 0.6 is 0 Å². The highest BCUT2D eigenvalue weighted by atomic mass is 16.7. The zero-order valence-electron chi connectivity index (χ0n) is 18.6. The number of pyridine rings is 1. The Morgan fingerprint density at radius 1 is 1.12 bits per heavy atom. The second kappa shape index (κ2) is 8.89. The van der Waals surface area contributed by atoms with Crippen LogP contribution in [0.15, 0.2) is 42.5 Å². The van der Waals surface area contributed by atoms with E-state index in [1.165, 1.54) is 5.39 Å². The highest BCUT2D eigenvalue weighted by Crippen LogP contribution is 2.34. The Balaban J connectivity index is 1.31. The van der Waals surface area contributed by atoms with Crippen LogP contribution in [0.5, 0.6) is 5.75 Å². The zero-order valence-corrected chi connectivity index (χ0v) is 18.6. The van der Waals surface area contributed by atoms with Crippen molar-refractivity contribution in [2.75, 3.05) is 19.8 Å². The van der Waals surface area contributed by atoms with Gasteiger partial charge in [-0.25, -0.2) is 4.98 Å². The summed E-state index contributed by atoms with van der Waals surface area (Å²) in [4.78, 5) is 4.90. The van der Waals surface area contributed by atoms with Crippen LogP contribution in [0, 0.1) is 6.92 Å². The van der Waals surface area contributed by atoms with E-state index in [9.17, 15) is 15.3 Å². The third-order valence-corrected chi connectivity index (χ3v) is 6.42. The topological polar surface area (TPSA) is 106 Å². The van der Waals surface area contributed by atoms with Gasteiger partial charge in [0, 0.05) is 29.6 Å². The third kappa shape index (κ3) is 3.94. The third-order valence-electron chi connectivity index (χ3n) is 6.42. The van der Waals surface area contributed by atoms with Crippen LogP contribution in [0.25, 0.3) is 32.8 Å². The number of rotatable bonds is 6. The van der Waals surface area contributed by atoms with Gasteiger partial charge >= 0.3 is 0 Å². The molecule has 0 unspecified atom stereocenters. The van der Waals surface area contributed by atoms with Crippen molar-refractivity contribution in [1.29, 1.82) is 0 Å². The molecule has 0 spiro atoms. The number of aliphatic hydroxyl groups excluding tert-OH is 3. The zero-order chi connectivity index (χ0) is 23.1. The molecule has 174 valence electrons. The minimum absolute atomic E-state index is 0.138. The maximum Gasteiger partial charge on any atom is 0.160 e. The second-order valence-electron chi connectivity index (χ2n) is 8.49. The minimum Gasteiger partial charge on any atom is -0.491 e. The fourth-order valence-corrected chi connectivity index (χ4v) is 4.64. The van der Waals surface area contributed by atoms with Crippen LogP contribution < -0.4 is 4.74 Å². The summed E-state index contributed by atoms with van der Waals surface area (Å²) in [6, 6.07) is 14.2. The largest absolute Gasteiger partial charge is 0.491 e. The van der Waals surface area contributed by atoms with Crippen LogP contribution in [0.1, 0.15) is 12.0 Å². The summed E-state index contributed by atoms with van der Waals surface area (Å²) >= 11 is 0. The molecule has 0 radical (unpaired) electrons. The molecule has 4 aromatic rings. The first kappa shape index (κ1) is 22.1. The maximum atomic E-state index is 9.89. The molecule has 3 heterocycles. The van der Waals surface area contributed by atoms with E-state index in [0.717, 1.165) is 33.0 Å². The summed E-state index contributed by atoms with van der Waals surface area (Å²) in [7, 11) is 2.04. The summed E-state index contributed by atoms with van der Waals surface area (Å²) in [5, 5.41) is 32.3. The highest BCUT2D eigenvalue weighted by molar-refractivity contribution is 6.12. The first-order valence-electron chi connectivity index (χ1n) is 11.1. The smallest absolute Gasteiger partial charge is 0.160 e. The average molecular weight is 453 g/mol. The number of nitrogens with zero attached hydrogens (tertiary/aromatic N) is 2. The number of para-hydroxylation sites is 1.